The molecule has 6 heteroatoms. The van der Waals surface area contributed by atoms with Crippen LogP contribution in [-0.4, -0.2) is 72.1 Å². The Kier molecular flexibility index (Phi) is 5.01. The molecule has 146 valence electrons. The van der Waals surface area contributed by atoms with Gasteiger partial charge in [0.05, 0.1) is 10.4 Å². The zero-order valence-electron chi connectivity index (χ0n) is 16.4. The lowest BCUT2D eigenvalue weighted by atomic mass is 10.0. The predicted molar refractivity (Wildman–Crippen MR) is 117 cm³/mol. The Balaban J connectivity index is 1.40. The molecule has 0 N–H and O–H groups in total. The summed E-state index contributed by atoms with van der Waals surface area (Å²) < 4.78 is 0. The highest BCUT2D eigenvalue weighted by molar-refractivity contribution is 7.13. The van der Waals surface area contributed by atoms with Crippen LogP contribution in [0.25, 0.3) is 21.6 Å². The number of nitrogens with zero attached hydrogens (tertiary/aromatic N) is 5. The fourth-order valence-electron chi connectivity index (χ4n) is 4.55. The van der Waals surface area contributed by atoms with Gasteiger partial charge in [0, 0.05) is 44.2 Å². The Hall–Kier alpha value is -2.02. The van der Waals surface area contributed by atoms with E-state index >= 15 is 0 Å². The Bertz CT molecular complexity index is 933. The molecule has 0 radical (unpaired) electrons. The number of hydrogen-bond acceptors (Lipinski definition) is 6. The minimum atomic E-state index is 0.713. The smallest absolute Gasteiger partial charge is 0.172 e. The lowest BCUT2D eigenvalue weighted by Crippen LogP contribution is -2.54. The van der Waals surface area contributed by atoms with Gasteiger partial charge >= 0.3 is 0 Å². The van der Waals surface area contributed by atoms with E-state index in [0.29, 0.717) is 6.04 Å². The van der Waals surface area contributed by atoms with Crippen LogP contribution in [0.15, 0.2) is 41.8 Å². The van der Waals surface area contributed by atoms with E-state index in [1.165, 1.54) is 25.9 Å². The van der Waals surface area contributed by atoms with Gasteiger partial charge in [-0.05, 0) is 50.0 Å². The van der Waals surface area contributed by atoms with E-state index in [4.69, 9.17) is 9.97 Å². The number of piperidine rings is 1. The Morgan fingerprint density at radius 3 is 2.61 bits per heavy atom. The topological polar surface area (TPSA) is 35.5 Å². The molecule has 5 nitrogen and oxygen atoms in total. The normalized spacial score (nSPS) is 22.0. The van der Waals surface area contributed by atoms with E-state index in [9.17, 15) is 0 Å². The highest BCUT2D eigenvalue weighted by Gasteiger charge is 2.28. The van der Waals surface area contributed by atoms with E-state index in [0.717, 1.165) is 53.6 Å². The number of anilines is 1. The predicted octanol–water partition coefficient (Wildman–Crippen LogP) is 3.57. The fraction of sp³-hybridized carbons (Fsp3) is 0.455. The third kappa shape index (κ3) is 3.52. The van der Waals surface area contributed by atoms with Gasteiger partial charge in [0.2, 0.25) is 0 Å². The van der Waals surface area contributed by atoms with Crippen molar-refractivity contribution in [3.63, 3.8) is 0 Å². The van der Waals surface area contributed by atoms with E-state index in [1.54, 1.807) is 11.3 Å². The van der Waals surface area contributed by atoms with Crippen molar-refractivity contribution in [1.29, 1.82) is 0 Å². The summed E-state index contributed by atoms with van der Waals surface area (Å²) in [6.45, 7) is 6.75. The number of piperazine rings is 1. The van der Waals surface area contributed by atoms with Gasteiger partial charge in [0.25, 0.3) is 0 Å². The molecule has 2 saturated heterocycles. The van der Waals surface area contributed by atoms with Gasteiger partial charge in [0.1, 0.15) is 5.82 Å². The fourth-order valence-corrected chi connectivity index (χ4v) is 5.21. The summed E-state index contributed by atoms with van der Waals surface area (Å²) >= 11 is 1.70. The summed E-state index contributed by atoms with van der Waals surface area (Å²) in [5.41, 5.74) is 1.03. The molecule has 1 aromatic carbocycles. The highest BCUT2D eigenvalue weighted by Crippen LogP contribution is 2.30. The van der Waals surface area contributed by atoms with Crippen molar-refractivity contribution < 1.29 is 0 Å². The first-order chi connectivity index (χ1) is 13.8. The number of likely N-dealkylation sites (tertiary alicyclic amines) is 1. The average molecular weight is 394 g/mol. The molecule has 0 spiro atoms. The third-order valence-electron chi connectivity index (χ3n) is 6.05. The van der Waals surface area contributed by atoms with Gasteiger partial charge in [-0.25, -0.2) is 9.97 Å². The van der Waals surface area contributed by atoms with Gasteiger partial charge < -0.3 is 9.80 Å². The maximum absolute atomic E-state index is 5.02. The van der Waals surface area contributed by atoms with Crippen LogP contribution in [0, 0.1) is 0 Å². The van der Waals surface area contributed by atoms with E-state index in [-0.39, 0.29) is 0 Å². The standard InChI is InChI=1S/C22H27N5S/c1-25-10-4-6-17(16-25)26-11-13-27(14-12-26)22-18-7-2-3-8-19(18)23-21(24-22)20-9-5-15-28-20/h2-3,5,7-9,15,17H,4,6,10-14,16H2,1H3. The number of aromatic nitrogens is 2. The number of rotatable bonds is 3. The molecule has 28 heavy (non-hydrogen) atoms. The first-order valence-electron chi connectivity index (χ1n) is 10.3. The number of likely N-dealkylation sites (N-methyl/N-ethyl adjacent to an activating group) is 1. The van der Waals surface area contributed by atoms with Crippen LogP contribution >= 0.6 is 11.3 Å². The molecule has 0 bridgehead atoms. The van der Waals surface area contributed by atoms with Crippen LogP contribution in [0.2, 0.25) is 0 Å². The third-order valence-corrected chi connectivity index (χ3v) is 6.92. The number of benzene rings is 1. The Morgan fingerprint density at radius 2 is 1.82 bits per heavy atom. The van der Waals surface area contributed by atoms with Gasteiger partial charge in [-0.3, -0.25) is 4.90 Å². The molecule has 2 aliphatic heterocycles. The summed E-state index contributed by atoms with van der Waals surface area (Å²) in [6, 6.07) is 13.3. The lowest BCUT2D eigenvalue weighted by molar-refractivity contribution is 0.106. The summed E-state index contributed by atoms with van der Waals surface area (Å²) in [4.78, 5) is 18.6. The van der Waals surface area contributed by atoms with Crippen LogP contribution in [-0.2, 0) is 0 Å². The second-order valence-electron chi connectivity index (χ2n) is 7.95. The maximum Gasteiger partial charge on any atom is 0.172 e. The van der Waals surface area contributed by atoms with Crippen LogP contribution < -0.4 is 4.90 Å². The van der Waals surface area contributed by atoms with Crippen molar-refractivity contribution in [2.45, 2.75) is 18.9 Å². The van der Waals surface area contributed by atoms with Crippen molar-refractivity contribution >= 4 is 28.1 Å². The minimum Gasteiger partial charge on any atom is -0.353 e. The average Bonchev–Trinajstić information content (AvgIpc) is 3.28. The lowest BCUT2D eigenvalue weighted by Gasteiger charge is -2.43. The molecule has 5 rings (SSSR count). The summed E-state index contributed by atoms with van der Waals surface area (Å²) in [7, 11) is 2.25. The highest BCUT2D eigenvalue weighted by atomic mass is 32.1. The quantitative estimate of drug-likeness (QED) is 0.680. The number of thiophene rings is 1. The molecule has 2 fully saturated rings. The molecule has 1 unspecified atom stereocenters. The van der Waals surface area contributed by atoms with Gasteiger partial charge in [-0.1, -0.05) is 18.2 Å². The number of fused-ring (bicyclic) bond motifs is 1. The summed E-state index contributed by atoms with van der Waals surface area (Å²) in [5, 5.41) is 3.25. The van der Waals surface area contributed by atoms with Crippen molar-refractivity contribution in [3.05, 3.63) is 41.8 Å². The second-order valence-corrected chi connectivity index (χ2v) is 8.89. The van der Waals surface area contributed by atoms with E-state index in [1.807, 2.05) is 0 Å². The molecular formula is C22H27N5S. The molecule has 0 aliphatic carbocycles. The van der Waals surface area contributed by atoms with Crippen molar-refractivity contribution in [1.82, 2.24) is 19.8 Å². The first-order valence-corrected chi connectivity index (χ1v) is 11.1. The van der Waals surface area contributed by atoms with Crippen LogP contribution in [0.3, 0.4) is 0 Å². The Labute approximate surface area is 170 Å². The molecule has 0 saturated carbocycles. The van der Waals surface area contributed by atoms with E-state index < -0.39 is 0 Å². The van der Waals surface area contributed by atoms with Gasteiger partial charge in [-0.2, -0.15) is 0 Å². The first kappa shape index (κ1) is 18.0. The molecule has 4 heterocycles. The maximum atomic E-state index is 5.02. The number of hydrogen-bond donors (Lipinski definition) is 0. The molecule has 0 amide bonds. The van der Waals surface area contributed by atoms with Gasteiger partial charge in [-0.15, -0.1) is 11.3 Å². The van der Waals surface area contributed by atoms with Crippen LogP contribution in [0.4, 0.5) is 5.82 Å². The summed E-state index contributed by atoms with van der Waals surface area (Å²) in [6.07, 6.45) is 2.66. The molecule has 2 aromatic heterocycles. The number of para-hydroxylation sites is 1. The van der Waals surface area contributed by atoms with Crippen LogP contribution in [0.5, 0.6) is 0 Å². The summed E-state index contributed by atoms with van der Waals surface area (Å²) in [5.74, 6) is 1.94. The molecular weight excluding hydrogens is 366 g/mol. The largest absolute Gasteiger partial charge is 0.353 e. The van der Waals surface area contributed by atoms with Gasteiger partial charge in [0.15, 0.2) is 5.82 Å². The van der Waals surface area contributed by atoms with E-state index in [2.05, 4.69) is 63.5 Å². The molecule has 1 atom stereocenters. The van der Waals surface area contributed by atoms with Crippen molar-refractivity contribution in [2.24, 2.45) is 0 Å². The molecule has 2 aliphatic rings. The van der Waals surface area contributed by atoms with Crippen LogP contribution in [0.1, 0.15) is 12.8 Å². The van der Waals surface area contributed by atoms with Crippen molar-refractivity contribution in [2.75, 3.05) is 51.2 Å². The van der Waals surface area contributed by atoms with Crippen molar-refractivity contribution in [3.8, 4) is 10.7 Å². The molecule has 3 aromatic rings. The second kappa shape index (κ2) is 7.78. The zero-order valence-corrected chi connectivity index (χ0v) is 17.2. The SMILES string of the molecule is CN1CCCC(N2CCN(c3nc(-c4cccs4)nc4ccccc34)CC2)C1. The monoisotopic (exact) mass is 393 g/mol. The zero-order chi connectivity index (χ0) is 18.9. The Morgan fingerprint density at radius 1 is 0.964 bits per heavy atom. The minimum absolute atomic E-state index is 0.713.